The number of aromatic nitrogens is 1. The highest BCUT2D eigenvalue weighted by atomic mass is 16.4. The van der Waals surface area contributed by atoms with Crippen molar-refractivity contribution in [1.82, 2.24) is 4.57 Å². The quantitative estimate of drug-likeness (QED) is 0.694. The highest BCUT2D eigenvalue weighted by Crippen LogP contribution is 2.17. The molecule has 2 aromatic rings. The van der Waals surface area contributed by atoms with Gasteiger partial charge in [-0.2, -0.15) is 0 Å². The van der Waals surface area contributed by atoms with Crippen molar-refractivity contribution in [2.45, 2.75) is 26.8 Å². The van der Waals surface area contributed by atoms with E-state index in [0.717, 1.165) is 11.1 Å². The van der Waals surface area contributed by atoms with Gasteiger partial charge in [0.1, 0.15) is 0 Å². The molecule has 1 heterocycles. The number of hydrogen-bond acceptors (Lipinski definition) is 2. The second-order valence-electron chi connectivity index (χ2n) is 3.80. The third-order valence-corrected chi connectivity index (χ3v) is 2.29. The first kappa shape index (κ1) is 9.06. The summed E-state index contributed by atoms with van der Waals surface area (Å²) in [7, 11) is 0. The van der Waals surface area contributed by atoms with E-state index in [1.165, 1.54) is 0 Å². The van der Waals surface area contributed by atoms with Gasteiger partial charge in [0.2, 0.25) is 0 Å². The molecule has 74 valence electrons. The summed E-state index contributed by atoms with van der Waals surface area (Å²) in [5, 5.41) is 0. The zero-order chi connectivity index (χ0) is 10.3. The third kappa shape index (κ3) is 1.25. The van der Waals surface area contributed by atoms with E-state index in [0.29, 0.717) is 5.58 Å². The summed E-state index contributed by atoms with van der Waals surface area (Å²) in [4.78, 5) is 11.5. The molecule has 0 atom stereocenters. The van der Waals surface area contributed by atoms with Crippen LogP contribution in [0.2, 0.25) is 0 Å². The molecule has 0 aliphatic rings. The van der Waals surface area contributed by atoms with Crippen molar-refractivity contribution < 1.29 is 4.42 Å². The monoisotopic (exact) mass is 191 g/mol. The highest BCUT2D eigenvalue weighted by molar-refractivity contribution is 5.73. The summed E-state index contributed by atoms with van der Waals surface area (Å²) in [6, 6.07) is 5.92. The van der Waals surface area contributed by atoms with Gasteiger partial charge in [0.25, 0.3) is 0 Å². The van der Waals surface area contributed by atoms with Gasteiger partial charge in [0.05, 0.1) is 5.52 Å². The Morgan fingerprint density at radius 1 is 1.36 bits per heavy atom. The number of nitrogens with zero attached hydrogens (tertiary/aromatic N) is 1. The summed E-state index contributed by atoms with van der Waals surface area (Å²) in [5.41, 5.74) is 2.64. The fourth-order valence-corrected chi connectivity index (χ4v) is 1.63. The molecular weight excluding hydrogens is 178 g/mol. The lowest BCUT2D eigenvalue weighted by atomic mass is 10.2. The van der Waals surface area contributed by atoms with Gasteiger partial charge in [-0.1, -0.05) is 6.07 Å². The van der Waals surface area contributed by atoms with Crippen molar-refractivity contribution in [2.75, 3.05) is 0 Å². The number of benzene rings is 1. The van der Waals surface area contributed by atoms with Crippen LogP contribution in [-0.2, 0) is 0 Å². The van der Waals surface area contributed by atoms with Crippen LogP contribution in [0.3, 0.4) is 0 Å². The molecule has 3 heteroatoms. The summed E-state index contributed by atoms with van der Waals surface area (Å²) in [6.45, 7) is 5.92. The molecule has 14 heavy (non-hydrogen) atoms. The van der Waals surface area contributed by atoms with Gasteiger partial charge in [0, 0.05) is 6.04 Å². The average molecular weight is 191 g/mol. The van der Waals surface area contributed by atoms with Crippen molar-refractivity contribution in [1.29, 1.82) is 0 Å². The first-order valence-corrected chi connectivity index (χ1v) is 4.71. The molecule has 0 unspecified atom stereocenters. The zero-order valence-electron chi connectivity index (χ0n) is 8.57. The summed E-state index contributed by atoms with van der Waals surface area (Å²) in [6.07, 6.45) is 0. The molecule has 0 bridgehead atoms. The Hall–Kier alpha value is -1.51. The summed E-state index contributed by atoms with van der Waals surface area (Å²) < 4.78 is 6.81. The van der Waals surface area contributed by atoms with Crippen LogP contribution in [0.15, 0.2) is 27.4 Å². The highest BCUT2D eigenvalue weighted by Gasteiger charge is 2.10. The number of aryl methyl sites for hydroxylation is 1. The van der Waals surface area contributed by atoms with Crippen molar-refractivity contribution in [3.05, 3.63) is 34.3 Å². The maximum atomic E-state index is 11.5. The van der Waals surface area contributed by atoms with Crippen LogP contribution in [-0.4, -0.2) is 4.57 Å². The fourth-order valence-electron chi connectivity index (χ4n) is 1.63. The predicted octanol–water partition coefficient (Wildman–Crippen LogP) is 2.48. The molecule has 0 aliphatic heterocycles. The molecule has 0 radical (unpaired) electrons. The molecule has 3 nitrogen and oxygen atoms in total. The van der Waals surface area contributed by atoms with Crippen molar-refractivity contribution in [3.63, 3.8) is 0 Å². The van der Waals surface area contributed by atoms with Gasteiger partial charge < -0.3 is 4.42 Å². The van der Waals surface area contributed by atoms with Gasteiger partial charge in [-0.3, -0.25) is 4.57 Å². The predicted molar refractivity (Wildman–Crippen MR) is 55.6 cm³/mol. The molecule has 0 aliphatic carbocycles. The Balaban J connectivity index is 2.84. The van der Waals surface area contributed by atoms with Crippen molar-refractivity contribution >= 4 is 11.1 Å². The van der Waals surface area contributed by atoms with Crippen LogP contribution in [0.1, 0.15) is 25.5 Å². The van der Waals surface area contributed by atoms with Crippen LogP contribution < -0.4 is 5.76 Å². The minimum Gasteiger partial charge on any atom is -0.408 e. The van der Waals surface area contributed by atoms with E-state index in [2.05, 4.69) is 0 Å². The van der Waals surface area contributed by atoms with E-state index in [9.17, 15) is 4.79 Å². The van der Waals surface area contributed by atoms with Crippen LogP contribution in [0, 0.1) is 6.92 Å². The van der Waals surface area contributed by atoms with Crippen LogP contribution in [0.25, 0.3) is 11.1 Å². The Bertz CT molecular complexity index is 520. The molecule has 0 saturated carbocycles. The van der Waals surface area contributed by atoms with E-state index in [-0.39, 0.29) is 11.8 Å². The standard InChI is InChI=1S/C11H13NO2/c1-7(2)12-9-5-4-8(3)6-10(9)14-11(12)13/h4-7H,1-3H3. The molecule has 0 N–H and O–H groups in total. The van der Waals surface area contributed by atoms with Crippen LogP contribution >= 0.6 is 0 Å². The maximum Gasteiger partial charge on any atom is 0.420 e. The third-order valence-electron chi connectivity index (χ3n) is 2.29. The number of rotatable bonds is 1. The van der Waals surface area contributed by atoms with Crippen LogP contribution in [0.4, 0.5) is 0 Å². The molecule has 1 aromatic carbocycles. The van der Waals surface area contributed by atoms with Crippen molar-refractivity contribution in [3.8, 4) is 0 Å². The number of fused-ring (bicyclic) bond motifs is 1. The van der Waals surface area contributed by atoms with E-state index in [1.807, 2.05) is 39.0 Å². The zero-order valence-corrected chi connectivity index (χ0v) is 8.57. The van der Waals surface area contributed by atoms with Gasteiger partial charge in [-0.25, -0.2) is 4.79 Å². The Labute approximate surface area is 82.0 Å². The van der Waals surface area contributed by atoms with Gasteiger partial charge in [-0.15, -0.1) is 0 Å². The minimum absolute atomic E-state index is 0.131. The second kappa shape index (κ2) is 3.01. The van der Waals surface area contributed by atoms with Gasteiger partial charge in [0.15, 0.2) is 5.58 Å². The lowest BCUT2D eigenvalue weighted by molar-refractivity contribution is 0.478. The van der Waals surface area contributed by atoms with Crippen molar-refractivity contribution in [2.24, 2.45) is 0 Å². The van der Waals surface area contributed by atoms with Crippen LogP contribution in [0.5, 0.6) is 0 Å². The Morgan fingerprint density at radius 2 is 2.07 bits per heavy atom. The Kier molecular flexibility index (Phi) is 1.95. The Morgan fingerprint density at radius 3 is 2.71 bits per heavy atom. The molecule has 1 aromatic heterocycles. The molecule has 0 amide bonds. The lowest BCUT2D eigenvalue weighted by Crippen LogP contribution is -2.15. The second-order valence-corrected chi connectivity index (χ2v) is 3.80. The SMILES string of the molecule is Cc1ccc2c(c1)oc(=O)n2C(C)C. The number of hydrogen-bond donors (Lipinski definition) is 0. The molecule has 0 fully saturated rings. The summed E-state index contributed by atoms with van der Waals surface area (Å²) >= 11 is 0. The topological polar surface area (TPSA) is 35.1 Å². The van der Waals surface area contributed by atoms with Gasteiger partial charge in [-0.05, 0) is 38.5 Å². The first-order chi connectivity index (χ1) is 6.59. The first-order valence-electron chi connectivity index (χ1n) is 4.71. The molecule has 0 saturated heterocycles. The molecule has 0 spiro atoms. The van der Waals surface area contributed by atoms with E-state index < -0.39 is 0 Å². The summed E-state index contributed by atoms with van der Waals surface area (Å²) in [5.74, 6) is -0.277. The number of oxazole rings is 1. The molecular formula is C11H13NO2. The largest absolute Gasteiger partial charge is 0.420 e. The van der Waals surface area contributed by atoms with Gasteiger partial charge >= 0.3 is 5.76 Å². The van der Waals surface area contributed by atoms with E-state index >= 15 is 0 Å². The minimum atomic E-state index is -0.277. The normalized spacial score (nSPS) is 11.4. The average Bonchev–Trinajstić information content (AvgIpc) is 2.39. The molecule has 2 rings (SSSR count). The lowest BCUT2D eigenvalue weighted by Gasteiger charge is -2.04. The maximum absolute atomic E-state index is 11.5. The smallest absolute Gasteiger partial charge is 0.408 e. The van der Waals surface area contributed by atoms with E-state index in [4.69, 9.17) is 4.42 Å². The van der Waals surface area contributed by atoms with E-state index in [1.54, 1.807) is 4.57 Å². The fraction of sp³-hybridized carbons (Fsp3) is 0.364.